The third-order valence-corrected chi connectivity index (χ3v) is 4.39. The average Bonchev–Trinajstić information content (AvgIpc) is 2.46. The molecule has 1 aromatic carbocycles. The molecule has 0 bridgehead atoms. The van der Waals surface area contributed by atoms with E-state index in [4.69, 9.17) is 5.73 Å². The van der Waals surface area contributed by atoms with Gasteiger partial charge >= 0.3 is 6.18 Å². The molecule has 0 aliphatic heterocycles. The van der Waals surface area contributed by atoms with Crippen molar-refractivity contribution in [2.45, 2.75) is 44.4 Å². The summed E-state index contributed by atoms with van der Waals surface area (Å²) in [5.74, 6) is 0. The van der Waals surface area contributed by atoms with E-state index in [0.717, 1.165) is 44.2 Å². The highest BCUT2D eigenvalue weighted by molar-refractivity contribution is 5.27. The summed E-state index contributed by atoms with van der Waals surface area (Å²) in [6.45, 7) is 0.356. The molecule has 2 rings (SSSR count). The second-order valence-electron chi connectivity index (χ2n) is 5.65. The fourth-order valence-corrected chi connectivity index (χ4v) is 3.05. The summed E-state index contributed by atoms with van der Waals surface area (Å²) in [6.07, 6.45) is -0.349. The zero-order valence-electron chi connectivity index (χ0n) is 11.3. The normalized spacial score (nSPS) is 20.6. The molecule has 3 N–H and O–H groups in total. The minimum atomic E-state index is -4.35. The van der Waals surface area contributed by atoms with Gasteiger partial charge in [-0.05, 0) is 30.5 Å². The lowest BCUT2D eigenvalue weighted by atomic mass is 9.68. The number of aliphatic hydroxyl groups is 1. The van der Waals surface area contributed by atoms with Gasteiger partial charge in [-0.3, -0.25) is 0 Å². The molecule has 0 aromatic heterocycles. The van der Waals surface area contributed by atoms with Crippen LogP contribution >= 0.6 is 0 Å². The minimum Gasteiger partial charge on any atom is -0.388 e. The third kappa shape index (κ3) is 2.99. The first kappa shape index (κ1) is 15.3. The van der Waals surface area contributed by atoms with E-state index in [1.165, 1.54) is 12.1 Å². The summed E-state index contributed by atoms with van der Waals surface area (Å²) in [5, 5.41) is 10.5. The van der Waals surface area contributed by atoms with Crippen molar-refractivity contribution in [2.75, 3.05) is 6.54 Å². The second kappa shape index (κ2) is 5.74. The summed E-state index contributed by atoms with van der Waals surface area (Å²) < 4.78 is 37.6. The molecule has 0 spiro atoms. The van der Waals surface area contributed by atoms with Crippen molar-refractivity contribution < 1.29 is 18.3 Å². The Morgan fingerprint density at radius 3 is 2.10 bits per heavy atom. The van der Waals surface area contributed by atoms with Gasteiger partial charge in [0.25, 0.3) is 0 Å². The molecule has 1 aliphatic rings. The smallest absolute Gasteiger partial charge is 0.388 e. The van der Waals surface area contributed by atoms with Crippen LogP contribution in [0.5, 0.6) is 0 Å². The molecule has 1 unspecified atom stereocenters. The maximum Gasteiger partial charge on any atom is 0.416 e. The Bertz CT molecular complexity index is 435. The molecule has 1 saturated carbocycles. The molecule has 112 valence electrons. The fraction of sp³-hybridized carbons (Fsp3) is 0.600. The van der Waals surface area contributed by atoms with Crippen LogP contribution in [0.25, 0.3) is 0 Å². The maximum absolute atomic E-state index is 12.5. The first-order chi connectivity index (χ1) is 9.39. The molecule has 2 nitrogen and oxygen atoms in total. The molecule has 1 fully saturated rings. The van der Waals surface area contributed by atoms with Crippen molar-refractivity contribution in [3.8, 4) is 0 Å². The van der Waals surface area contributed by atoms with E-state index >= 15 is 0 Å². The van der Waals surface area contributed by atoms with Crippen LogP contribution in [0, 0.1) is 5.41 Å². The van der Waals surface area contributed by atoms with Gasteiger partial charge in [0.2, 0.25) is 0 Å². The quantitative estimate of drug-likeness (QED) is 0.891. The molecule has 0 radical (unpaired) electrons. The minimum absolute atomic E-state index is 0.356. The molecule has 0 heterocycles. The molecule has 0 amide bonds. The monoisotopic (exact) mass is 287 g/mol. The number of benzene rings is 1. The van der Waals surface area contributed by atoms with Gasteiger partial charge in [-0.15, -0.1) is 0 Å². The molecular formula is C15H20F3NO. The molecular weight excluding hydrogens is 267 g/mol. The van der Waals surface area contributed by atoms with E-state index in [1.54, 1.807) is 0 Å². The van der Waals surface area contributed by atoms with E-state index in [-0.39, 0.29) is 0 Å². The Kier molecular flexibility index (Phi) is 4.39. The first-order valence-corrected chi connectivity index (χ1v) is 6.94. The van der Waals surface area contributed by atoms with Crippen LogP contribution in [0.2, 0.25) is 0 Å². The molecule has 1 atom stereocenters. The van der Waals surface area contributed by atoms with Crippen LogP contribution in [0.4, 0.5) is 13.2 Å². The molecule has 1 aliphatic carbocycles. The van der Waals surface area contributed by atoms with E-state index in [0.29, 0.717) is 12.1 Å². The zero-order valence-corrected chi connectivity index (χ0v) is 11.3. The predicted octanol–water partition coefficient (Wildman–Crippen LogP) is 3.65. The topological polar surface area (TPSA) is 46.2 Å². The summed E-state index contributed by atoms with van der Waals surface area (Å²) >= 11 is 0. The molecule has 20 heavy (non-hydrogen) atoms. The Labute approximate surface area is 116 Å². The lowest BCUT2D eigenvalue weighted by molar-refractivity contribution is -0.137. The van der Waals surface area contributed by atoms with Crippen molar-refractivity contribution in [3.63, 3.8) is 0 Å². The van der Waals surface area contributed by atoms with Crippen molar-refractivity contribution in [1.29, 1.82) is 0 Å². The highest BCUT2D eigenvalue weighted by Gasteiger charge is 2.39. The molecule has 1 aromatic rings. The lowest BCUT2D eigenvalue weighted by Gasteiger charge is -2.40. The number of hydrogen-bond acceptors (Lipinski definition) is 2. The number of alkyl halides is 3. The van der Waals surface area contributed by atoms with E-state index in [9.17, 15) is 18.3 Å². The Morgan fingerprint density at radius 2 is 1.65 bits per heavy atom. The van der Waals surface area contributed by atoms with Gasteiger partial charge in [-0.2, -0.15) is 13.2 Å². The first-order valence-electron chi connectivity index (χ1n) is 6.94. The second-order valence-corrected chi connectivity index (χ2v) is 5.65. The Morgan fingerprint density at radius 1 is 1.10 bits per heavy atom. The van der Waals surface area contributed by atoms with Crippen LogP contribution in [-0.4, -0.2) is 11.7 Å². The van der Waals surface area contributed by atoms with Gasteiger partial charge in [-0.1, -0.05) is 31.4 Å². The van der Waals surface area contributed by atoms with Gasteiger partial charge in [-0.25, -0.2) is 0 Å². The van der Waals surface area contributed by atoms with Gasteiger partial charge < -0.3 is 10.8 Å². The average molecular weight is 287 g/mol. The molecule has 0 saturated heterocycles. The number of hydrogen-bond donors (Lipinski definition) is 2. The zero-order chi connectivity index (χ0) is 14.8. The number of nitrogens with two attached hydrogens (primary N) is 1. The van der Waals surface area contributed by atoms with E-state index < -0.39 is 23.3 Å². The van der Waals surface area contributed by atoms with Gasteiger partial charge in [0.1, 0.15) is 0 Å². The Balaban J connectivity index is 2.21. The van der Waals surface area contributed by atoms with Gasteiger partial charge in [0.05, 0.1) is 11.7 Å². The Hall–Kier alpha value is -1.07. The summed E-state index contributed by atoms with van der Waals surface area (Å²) in [6, 6.07) is 4.76. The number of aliphatic hydroxyl groups excluding tert-OH is 1. The van der Waals surface area contributed by atoms with Gasteiger partial charge in [0, 0.05) is 12.0 Å². The van der Waals surface area contributed by atoms with Crippen molar-refractivity contribution in [1.82, 2.24) is 0 Å². The van der Waals surface area contributed by atoms with Crippen molar-refractivity contribution >= 4 is 0 Å². The maximum atomic E-state index is 12.5. The van der Waals surface area contributed by atoms with Crippen LogP contribution in [0.3, 0.4) is 0 Å². The van der Waals surface area contributed by atoms with Crippen molar-refractivity contribution in [2.24, 2.45) is 11.1 Å². The number of halogens is 3. The lowest BCUT2D eigenvalue weighted by Crippen LogP contribution is -2.38. The SMILES string of the molecule is NCC1(C(O)c2ccc(C(F)(F)F)cc2)CCCCC1. The fourth-order valence-electron chi connectivity index (χ4n) is 3.05. The van der Waals surface area contributed by atoms with E-state index in [2.05, 4.69) is 0 Å². The highest BCUT2D eigenvalue weighted by Crippen LogP contribution is 2.45. The van der Waals surface area contributed by atoms with Crippen LogP contribution in [0.15, 0.2) is 24.3 Å². The van der Waals surface area contributed by atoms with Gasteiger partial charge in [0.15, 0.2) is 0 Å². The van der Waals surface area contributed by atoms with Crippen LogP contribution in [0.1, 0.15) is 49.3 Å². The summed E-state index contributed by atoms with van der Waals surface area (Å²) in [4.78, 5) is 0. The van der Waals surface area contributed by atoms with Crippen LogP contribution < -0.4 is 5.73 Å². The number of rotatable bonds is 3. The van der Waals surface area contributed by atoms with E-state index in [1.807, 2.05) is 0 Å². The van der Waals surface area contributed by atoms with Crippen molar-refractivity contribution in [3.05, 3.63) is 35.4 Å². The largest absolute Gasteiger partial charge is 0.416 e. The highest BCUT2D eigenvalue weighted by atomic mass is 19.4. The summed E-state index contributed by atoms with van der Waals surface area (Å²) in [7, 11) is 0. The standard InChI is InChI=1S/C15H20F3NO/c16-15(17,18)12-6-4-11(5-7-12)13(20)14(10-19)8-2-1-3-9-14/h4-7,13,20H,1-3,8-10,19H2. The summed E-state index contributed by atoms with van der Waals surface area (Å²) in [5.41, 5.74) is 5.27. The third-order valence-electron chi connectivity index (χ3n) is 4.39. The van der Waals surface area contributed by atoms with Crippen LogP contribution in [-0.2, 0) is 6.18 Å². The predicted molar refractivity (Wildman–Crippen MR) is 71.0 cm³/mol. The molecule has 5 heteroatoms.